The molecule has 1 aromatic rings. The fourth-order valence-electron chi connectivity index (χ4n) is 3.23. The smallest absolute Gasteiger partial charge is 0.207 e. The summed E-state index contributed by atoms with van der Waals surface area (Å²) >= 11 is 0. The monoisotopic (exact) mass is 506 g/mol. The Morgan fingerprint density at radius 3 is 1.61 bits per heavy atom. The summed E-state index contributed by atoms with van der Waals surface area (Å²) in [4.78, 5) is 34.0. The summed E-state index contributed by atoms with van der Waals surface area (Å²) in [5.41, 5.74) is -0.405. The Balaban J connectivity index is 0.00000900. The van der Waals surface area contributed by atoms with Crippen LogP contribution in [0.4, 0.5) is 22.0 Å². The van der Waals surface area contributed by atoms with Crippen molar-refractivity contribution >= 4 is 30.4 Å². The van der Waals surface area contributed by atoms with Gasteiger partial charge in [0.05, 0.1) is 25.2 Å². The summed E-state index contributed by atoms with van der Waals surface area (Å²) in [6.07, 6.45) is 1.92. The number of benzene rings is 1. The van der Waals surface area contributed by atoms with Gasteiger partial charge in [0.15, 0.2) is 16.6 Å². The van der Waals surface area contributed by atoms with E-state index < -0.39 is 59.0 Å². The first-order valence-corrected chi connectivity index (χ1v) is 11.5. The molecule has 171 valence electrons. The van der Waals surface area contributed by atoms with Crippen LogP contribution in [0.5, 0.6) is 0 Å². The molecule has 3 nitrogen and oxygen atoms in total. The van der Waals surface area contributed by atoms with Gasteiger partial charge in [-0.3, -0.25) is 0 Å². The Morgan fingerprint density at radius 2 is 1.26 bits per heavy atom. The SMILES string of the molecule is CCCC[P+](CCCC)(C(=C=O)C(=C=O)CC=C=O)c1c(F)c(F)c(F)c(F)c1F.[Co]. The van der Waals surface area contributed by atoms with E-state index in [1.807, 2.05) is 0 Å². The van der Waals surface area contributed by atoms with E-state index in [4.69, 9.17) is 0 Å². The molecule has 1 radical (unpaired) electrons. The van der Waals surface area contributed by atoms with Gasteiger partial charge in [0.25, 0.3) is 0 Å². The molecular weight excluding hydrogens is 485 g/mol. The van der Waals surface area contributed by atoms with Gasteiger partial charge in [-0.05, 0) is 12.8 Å². The molecule has 0 saturated heterocycles. The van der Waals surface area contributed by atoms with Gasteiger partial charge in [-0.1, -0.05) is 26.7 Å². The maximum absolute atomic E-state index is 14.9. The van der Waals surface area contributed by atoms with Gasteiger partial charge >= 0.3 is 0 Å². The minimum atomic E-state index is -3.61. The minimum Gasteiger partial charge on any atom is -0.234 e. The van der Waals surface area contributed by atoms with Crippen molar-refractivity contribution in [3.05, 3.63) is 46.0 Å². The van der Waals surface area contributed by atoms with Crippen molar-refractivity contribution in [1.29, 1.82) is 0 Å². The third-order valence-electron chi connectivity index (χ3n) is 4.72. The maximum Gasteiger partial charge on any atom is 0.207 e. The van der Waals surface area contributed by atoms with Gasteiger partial charge in [0.2, 0.25) is 29.1 Å². The molecule has 10 heteroatoms. The summed E-state index contributed by atoms with van der Waals surface area (Å²) in [7, 11) is -3.61. The second-order valence-corrected chi connectivity index (χ2v) is 10.3. The van der Waals surface area contributed by atoms with Crippen LogP contribution < -0.4 is 5.30 Å². The van der Waals surface area contributed by atoms with Crippen LogP contribution in [-0.4, -0.2) is 30.1 Å². The van der Waals surface area contributed by atoms with E-state index in [1.165, 1.54) is 17.8 Å². The molecule has 0 amide bonds. The van der Waals surface area contributed by atoms with E-state index in [9.17, 15) is 36.3 Å². The Kier molecular flexibility index (Phi) is 12.7. The second kappa shape index (κ2) is 13.5. The van der Waals surface area contributed by atoms with Crippen LogP contribution in [0, 0.1) is 29.1 Å². The number of unbranched alkanes of at least 4 members (excludes halogenated alkanes) is 2. The number of hydrogen-bond acceptors (Lipinski definition) is 3. The first kappa shape index (κ1) is 29.2. The Hall–Kier alpha value is -1.84. The third-order valence-corrected chi connectivity index (χ3v) is 9.35. The van der Waals surface area contributed by atoms with Crippen molar-refractivity contribution in [1.82, 2.24) is 0 Å². The van der Waals surface area contributed by atoms with Crippen LogP contribution in [-0.2, 0) is 31.2 Å². The molecule has 0 unspecified atom stereocenters. The first-order valence-electron chi connectivity index (χ1n) is 9.35. The summed E-state index contributed by atoms with van der Waals surface area (Å²) in [5.74, 6) is -6.16. The van der Waals surface area contributed by atoms with Crippen molar-refractivity contribution in [2.75, 3.05) is 12.3 Å². The number of hydrogen-bond donors (Lipinski definition) is 0. The van der Waals surface area contributed by atoms with Gasteiger partial charge in [0.1, 0.15) is 11.9 Å². The molecule has 0 bridgehead atoms. The fraction of sp³-hybridized carbons (Fsp3) is 0.429. The van der Waals surface area contributed by atoms with Gasteiger partial charge < -0.3 is 0 Å². The van der Waals surface area contributed by atoms with Crippen LogP contribution in [0.15, 0.2) is 17.0 Å². The van der Waals surface area contributed by atoms with Gasteiger partial charge in [0, 0.05) is 29.3 Å². The van der Waals surface area contributed by atoms with Crippen molar-refractivity contribution < 1.29 is 53.1 Å². The minimum absolute atomic E-state index is 0. The van der Waals surface area contributed by atoms with Crippen LogP contribution in [0.2, 0.25) is 0 Å². The zero-order valence-electron chi connectivity index (χ0n) is 16.9. The first-order chi connectivity index (χ1) is 14.3. The van der Waals surface area contributed by atoms with Gasteiger partial charge in [-0.2, -0.15) is 8.78 Å². The average molecular weight is 506 g/mol. The number of rotatable bonds is 11. The van der Waals surface area contributed by atoms with Crippen LogP contribution in [0.25, 0.3) is 0 Å². The van der Waals surface area contributed by atoms with Crippen molar-refractivity contribution in [3.8, 4) is 0 Å². The predicted octanol–water partition coefficient (Wildman–Crippen LogP) is 4.87. The number of halogens is 5. The van der Waals surface area contributed by atoms with Crippen molar-refractivity contribution in [2.45, 2.75) is 46.0 Å². The molecule has 0 aliphatic carbocycles. The topological polar surface area (TPSA) is 51.2 Å². The quantitative estimate of drug-likeness (QED) is 0.108. The van der Waals surface area contributed by atoms with E-state index in [-0.39, 0.29) is 29.1 Å². The predicted molar refractivity (Wildman–Crippen MR) is 106 cm³/mol. The molecule has 1 rings (SSSR count). The zero-order chi connectivity index (χ0) is 22.9. The molecule has 0 atom stereocenters. The van der Waals surface area contributed by atoms with Crippen molar-refractivity contribution in [3.63, 3.8) is 0 Å². The van der Waals surface area contributed by atoms with Crippen LogP contribution in [0.1, 0.15) is 46.0 Å². The van der Waals surface area contributed by atoms with E-state index >= 15 is 0 Å². The molecule has 0 N–H and O–H groups in total. The van der Waals surface area contributed by atoms with Gasteiger partial charge in [-0.15, -0.1) is 0 Å². The Morgan fingerprint density at radius 1 is 0.806 bits per heavy atom. The molecule has 31 heavy (non-hydrogen) atoms. The second-order valence-electron chi connectivity index (χ2n) is 6.60. The zero-order valence-corrected chi connectivity index (χ0v) is 18.9. The summed E-state index contributed by atoms with van der Waals surface area (Å²) < 4.78 is 71.4. The average Bonchev–Trinajstić information content (AvgIpc) is 2.75. The molecular formula is C21H21CoF5O3P+. The Bertz CT molecular complexity index is 910. The van der Waals surface area contributed by atoms with Gasteiger partial charge in [-0.25, -0.2) is 27.6 Å². The van der Waals surface area contributed by atoms with E-state index in [1.54, 1.807) is 13.8 Å². The standard InChI is InChI=1S/C21H21F5O3P.Co/c1-3-5-10-30(11-6-4-2,15(13-29)14(12-28)8-7-9-27)21-19(25)17(23)16(22)18(24)20(21)26;/h7H,3-6,8,10-11H2,1-2H3;/q+1;. The molecule has 0 spiro atoms. The van der Waals surface area contributed by atoms with E-state index in [0.29, 0.717) is 25.7 Å². The molecule has 0 heterocycles. The summed E-state index contributed by atoms with van der Waals surface area (Å²) in [6, 6.07) is 0. The molecule has 0 aliphatic rings. The molecule has 0 fully saturated rings. The number of carbonyl (C=O) groups excluding carboxylic acids is 3. The van der Waals surface area contributed by atoms with E-state index in [2.05, 4.69) is 0 Å². The van der Waals surface area contributed by atoms with E-state index in [0.717, 1.165) is 6.08 Å². The summed E-state index contributed by atoms with van der Waals surface area (Å²) in [6.45, 7) is 3.51. The molecule has 1 aromatic carbocycles. The van der Waals surface area contributed by atoms with Crippen molar-refractivity contribution in [2.24, 2.45) is 0 Å². The maximum atomic E-state index is 14.9. The van der Waals surface area contributed by atoms with Crippen LogP contribution >= 0.6 is 7.26 Å². The van der Waals surface area contributed by atoms with Crippen LogP contribution in [0.3, 0.4) is 0 Å². The number of allylic oxidation sites excluding steroid dienone is 3. The third kappa shape index (κ3) is 6.11. The molecule has 0 aliphatic heterocycles. The fourth-order valence-corrected chi connectivity index (χ4v) is 8.06. The Labute approximate surface area is 188 Å². The largest absolute Gasteiger partial charge is 0.234 e. The normalized spacial score (nSPS) is 10.4. The molecule has 0 aromatic heterocycles. The molecule has 0 saturated carbocycles. The summed E-state index contributed by atoms with van der Waals surface area (Å²) in [5, 5.41) is -1.53.